The van der Waals surface area contributed by atoms with Gasteiger partial charge in [-0.3, -0.25) is 0 Å². The Balaban J connectivity index is 2.21. The number of rotatable bonds is 5. The summed E-state index contributed by atoms with van der Waals surface area (Å²) in [5.74, 6) is 0.975. The first-order valence-corrected chi connectivity index (χ1v) is 6.52. The van der Waals surface area contributed by atoms with E-state index < -0.39 is 0 Å². The Morgan fingerprint density at radius 2 is 1.88 bits per heavy atom. The third-order valence-electron chi connectivity index (χ3n) is 3.61. The highest BCUT2D eigenvalue weighted by molar-refractivity contribution is 5.36. The topological polar surface area (TPSA) is 12.0 Å². The van der Waals surface area contributed by atoms with Crippen molar-refractivity contribution in [3.63, 3.8) is 0 Å². The molecule has 1 atom stereocenters. The summed E-state index contributed by atoms with van der Waals surface area (Å²) >= 11 is 0. The van der Waals surface area contributed by atoms with Crippen molar-refractivity contribution in [1.82, 2.24) is 5.32 Å². The standard InChI is InChI=1S/C15H23N/c1-4-16-14(10-13-8-9-13)15-11(2)6-5-7-12(15)3/h5-7,13-14,16H,4,8-10H2,1-3H3. The van der Waals surface area contributed by atoms with Crippen molar-refractivity contribution in [3.05, 3.63) is 34.9 Å². The molecule has 2 rings (SSSR count). The fourth-order valence-electron chi connectivity index (χ4n) is 2.61. The molecule has 0 spiro atoms. The molecule has 0 saturated heterocycles. The van der Waals surface area contributed by atoms with Gasteiger partial charge in [-0.25, -0.2) is 0 Å². The van der Waals surface area contributed by atoms with Gasteiger partial charge in [0.15, 0.2) is 0 Å². The maximum atomic E-state index is 3.65. The van der Waals surface area contributed by atoms with Crippen LogP contribution in [0.5, 0.6) is 0 Å². The van der Waals surface area contributed by atoms with Crippen LogP contribution in [0.4, 0.5) is 0 Å². The second-order valence-electron chi connectivity index (χ2n) is 5.09. The molecule has 1 fully saturated rings. The molecule has 1 aliphatic carbocycles. The van der Waals surface area contributed by atoms with Gasteiger partial charge < -0.3 is 5.32 Å². The van der Waals surface area contributed by atoms with Crippen LogP contribution in [0.15, 0.2) is 18.2 Å². The lowest BCUT2D eigenvalue weighted by Crippen LogP contribution is -2.23. The molecule has 0 heterocycles. The first-order valence-electron chi connectivity index (χ1n) is 6.52. The number of nitrogens with one attached hydrogen (secondary N) is 1. The maximum Gasteiger partial charge on any atom is 0.0328 e. The minimum Gasteiger partial charge on any atom is -0.310 e. The molecule has 16 heavy (non-hydrogen) atoms. The van der Waals surface area contributed by atoms with Gasteiger partial charge in [0.2, 0.25) is 0 Å². The minimum atomic E-state index is 0.568. The molecule has 0 aromatic heterocycles. The molecule has 1 aromatic carbocycles. The summed E-state index contributed by atoms with van der Waals surface area (Å²) in [4.78, 5) is 0. The molecule has 1 aliphatic rings. The average molecular weight is 217 g/mol. The van der Waals surface area contributed by atoms with Gasteiger partial charge in [0.25, 0.3) is 0 Å². The van der Waals surface area contributed by atoms with Gasteiger partial charge in [-0.1, -0.05) is 38.0 Å². The summed E-state index contributed by atoms with van der Waals surface area (Å²) in [7, 11) is 0. The third kappa shape index (κ3) is 2.65. The van der Waals surface area contributed by atoms with Crippen LogP contribution in [0, 0.1) is 19.8 Å². The summed E-state index contributed by atoms with van der Waals surface area (Å²) in [6.07, 6.45) is 4.19. The molecule has 88 valence electrons. The van der Waals surface area contributed by atoms with Gasteiger partial charge in [0.05, 0.1) is 0 Å². The largest absolute Gasteiger partial charge is 0.310 e. The molecule has 1 heteroatoms. The molecular weight excluding hydrogens is 194 g/mol. The lowest BCUT2D eigenvalue weighted by Gasteiger charge is -2.22. The summed E-state index contributed by atoms with van der Waals surface area (Å²) in [6.45, 7) is 7.73. The molecule has 0 bridgehead atoms. The first kappa shape index (κ1) is 11.7. The maximum absolute atomic E-state index is 3.65. The summed E-state index contributed by atoms with van der Waals surface area (Å²) < 4.78 is 0. The van der Waals surface area contributed by atoms with E-state index in [0.29, 0.717) is 6.04 Å². The first-order chi connectivity index (χ1) is 7.72. The zero-order chi connectivity index (χ0) is 11.5. The Labute approximate surface area is 99.3 Å². The number of benzene rings is 1. The van der Waals surface area contributed by atoms with Crippen molar-refractivity contribution >= 4 is 0 Å². The Morgan fingerprint density at radius 3 is 2.38 bits per heavy atom. The lowest BCUT2D eigenvalue weighted by molar-refractivity contribution is 0.483. The zero-order valence-electron chi connectivity index (χ0n) is 10.7. The number of aryl methyl sites for hydroxylation is 2. The predicted molar refractivity (Wildman–Crippen MR) is 69.7 cm³/mol. The Kier molecular flexibility index (Phi) is 3.65. The van der Waals surface area contributed by atoms with Crippen molar-refractivity contribution in [2.45, 2.75) is 46.1 Å². The summed E-state index contributed by atoms with van der Waals surface area (Å²) in [6, 6.07) is 7.20. The van der Waals surface area contributed by atoms with Crippen LogP contribution < -0.4 is 5.32 Å². The van der Waals surface area contributed by atoms with Gasteiger partial charge in [0, 0.05) is 6.04 Å². The van der Waals surface area contributed by atoms with Crippen LogP contribution in [0.2, 0.25) is 0 Å². The van der Waals surface area contributed by atoms with Crippen molar-refractivity contribution in [2.75, 3.05) is 6.54 Å². The van der Waals surface area contributed by atoms with E-state index in [1.165, 1.54) is 36.0 Å². The molecular formula is C15H23N. The lowest BCUT2D eigenvalue weighted by atomic mass is 9.93. The van der Waals surface area contributed by atoms with E-state index in [-0.39, 0.29) is 0 Å². The van der Waals surface area contributed by atoms with Crippen molar-refractivity contribution in [1.29, 1.82) is 0 Å². The van der Waals surface area contributed by atoms with Crippen LogP contribution in [-0.4, -0.2) is 6.54 Å². The van der Waals surface area contributed by atoms with Crippen LogP contribution in [0.3, 0.4) is 0 Å². The highest BCUT2D eigenvalue weighted by Crippen LogP contribution is 2.38. The van der Waals surface area contributed by atoms with Gasteiger partial charge in [-0.15, -0.1) is 0 Å². The summed E-state index contributed by atoms with van der Waals surface area (Å²) in [5, 5.41) is 3.65. The fraction of sp³-hybridized carbons (Fsp3) is 0.600. The van der Waals surface area contributed by atoms with Gasteiger partial charge in [-0.05, 0) is 49.4 Å². The second-order valence-corrected chi connectivity index (χ2v) is 5.09. The van der Waals surface area contributed by atoms with E-state index in [4.69, 9.17) is 0 Å². The van der Waals surface area contributed by atoms with E-state index in [9.17, 15) is 0 Å². The minimum absolute atomic E-state index is 0.568. The van der Waals surface area contributed by atoms with Crippen LogP contribution in [-0.2, 0) is 0 Å². The SMILES string of the molecule is CCNC(CC1CC1)c1c(C)cccc1C. The monoisotopic (exact) mass is 217 g/mol. The molecule has 1 saturated carbocycles. The molecule has 0 radical (unpaired) electrons. The predicted octanol–water partition coefficient (Wildman–Crippen LogP) is 3.75. The molecule has 0 aliphatic heterocycles. The molecule has 1 aromatic rings. The average Bonchev–Trinajstić information content (AvgIpc) is 3.01. The highest BCUT2D eigenvalue weighted by Gasteiger charge is 2.27. The fourth-order valence-corrected chi connectivity index (χ4v) is 2.61. The molecule has 1 unspecified atom stereocenters. The molecule has 0 amide bonds. The number of hydrogen-bond donors (Lipinski definition) is 1. The van der Waals surface area contributed by atoms with E-state index in [0.717, 1.165) is 12.5 Å². The second kappa shape index (κ2) is 5.01. The van der Waals surface area contributed by atoms with Crippen LogP contribution in [0.25, 0.3) is 0 Å². The van der Waals surface area contributed by atoms with E-state index in [2.05, 4.69) is 44.3 Å². The number of hydrogen-bond acceptors (Lipinski definition) is 1. The normalized spacial score (nSPS) is 17.4. The van der Waals surface area contributed by atoms with Crippen LogP contribution >= 0.6 is 0 Å². The Morgan fingerprint density at radius 1 is 1.25 bits per heavy atom. The third-order valence-corrected chi connectivity index (χ3v) is 3.61. The zero-order valence-corrected chi connectivity index (χ0v) is 10.7. The van der Waals surface area contributed by atoms with E-state index in [1.807, 2.05) is 0 Å². The van der Waals surface area contributed by atoms with Crippen molar-refractivity contribution in [2.24, 2.45) is 5.92 Å². The van der Waals surface area contributed by atoms with Gasteiger partial charge >= 0.3 is 0 Å². The van der Waals surface area contributed by atoms with Crippen molar-refractivity contribution < 1.29 is 0 Å². The molecule has 1 N–H and O–H groups in total. The quantitative estimate of drug-likeness (QED) is 0.792. The van der Waals surface area contributed by atoms with Gasteiger partial charge in [0.1, 0.15) is 0 Å². The van der Waals surface area contributed by atoms with Crippen LogP contribution in [0.1, 0.15) is 48.9 Å². The Bertz CT molecular complexity index is 332. The molecule has 1 nitrogen and oxygen atoms in total. The van der Waals surface area contributed by atoms with E-state index in [1.54, 1.807) is 0 Å². The van der Waals surface area contributed by atoms with Gasteiger partial charge in [-0.2, -0.15) is 0 Å². The summed E-state index contributed by atoms with van der Waals surface area (Å²) in [5.41, 5.74) is 4.41. The van der Waals surface area contributed by atoms with Crippen molar-refractivity contribution in [3.8, 4) is 0 Å². The Hall–Kier alpha value is -0.820. The highest BCUT2D eigenvalue weighted by atomic mass is 14.9. The van der Waals surface area contributed by atoms with E-state index >= 15 is 0 Å². The smallest absolute Gasteiger partial charge is 0.0328 e.